The molecule has 1 saturated carbocycles. The third-order valence-corrected chi connectivity index (χ3v) is 11.6. The number of amides is 1. The lowest BCUT2D eigenvalue weighted by atomic mass is 9.75. The Hall–Kier alpha value is -5.69. The van der Waals surface area contributed by atoms with Crippen LogP contribution in [0.5, 0.6) is 0 Å². The fourth-order valence-corrected chi connectivity index (χ4v) is 8.80. The van der Waals surface area contributed by atoms with E-state index in [1.807, 2.05) is 33.8 Å². The minimum absolute atomic E-state index is 0.135. The molecule has 272 valence electrons. The zero-order chi connectivity index (χ0) is 37.0. The molecule has 0 N–H and O–H groups in total. The van der Waals surface area contributed by atoms with Crippen molar-refractivity contribution in [1.29, 1.82) is 0 Å². The van der Waals surface area contributed by atoms with Crippen LogP contribution < -0.4 is 0 Å². The Kier molecular flexibility index (Phi) is 10.0. The van der Waals surface area contributed by atoms with Gasteiger partial charge in [0.05, 0.1) is 6.54 Å². The van der Waals surface area contributed by atoms with Crippen molar-refractivity contribution in [2.75, 3.05) is 0 Å². The fourth-order valence-electron chi connectivity index (χ4n) is 8.80. The third-order valence-electron chi connectivity index (χ3n) is 11.6. The van der Waals surface area contributed by atoms with E-state index in [-0.39, 0.29) is 11.8 Å². The highest BCUT2D eigenvalue weighted by Crippen LogP contribution is 2.44. The van der Waals surface area contributed by atoms with Crippen molar-refractivity contribution in [3.8, 4) is 22.5 Å². The molecule has 0 radical (unpaired) electrons. The van der Waals surface area contributed by atoms with Gasteiger partial charge in [-0.25, -0.2) is 4.68 Å². The number of aliphatic imine (C=N–C) groups is 1. The smallest absolute Gasteiger partial charge is 0.256 e. The van der Waals surface area contributed by atoms with Gasteiger partial charge in [0, 0.05) is 12.0 Å². The Labute approximate surface area is 318 Å². The van der Waals surface area contributed by atoms with Crippen molar-refractivity contribution >= 4 is 11.7 Å². The quantitative estimate of drug-likeness (QED) is 0.118. The summed E-state index contributed by atoms with van der Waals surface area (Å²) >= 11 is 0. The number of nitrogens with zero attached hydrogens (tertiary/aromatic N) is 6. The summed E-state index contributed by atoms with van der Waals surface area (Å²) < 4.78 is 1.99. The van der Waals surface area contributed by atoms with E-state index >= 15 is 0 Å². The molecule has 1 aliphatic carbocycles. The first-order valence-corrected chi connectivity index (χ1v) is 19.6. The van der Waals surface area contributed by atoms with Gasteiger partial charge in [0.1, 0.15) is 16.9 Å². The molecule has 0 bridgehead atoms. The van der Waals surface area contributed by atoms with Crippen molar-refractivity contribution in [3.05, 3.63) is 162 Å². The SMILES string of the molecule is CCCCC1=NC(C)(C2CCCCC2)C(=O)N1Cc1ccc(-c2ccccc2)c(-c2nnnn2C(c2ccccc2)(c2ccccc2)c2ccccc2)c1. The standard InChI is InChI=1S/C47H48N6O/c1-3-4-30-43-48-46(2,37-22-12-6-13-23-37)45(54)52(43)34-35-31-32-41(36-20-10-5-11-21-36)42(33-35)44-49-50-51-53(44)47(38-24-14-7-15-25-38,39-26-16-8-17-27-39)40-28-18-9-19-29-40/h5,7-11,14-21,24-29,31-33,37H,3-4,6,12-13,22-23,30,34H2,1-2H3. The van der Waals surface area contributed by atoms with Gasteiger partial charge in [-0.2, -0.15) is 0 Å². The molecule has 1 amide bonds. The highest BCUT2D eigenvalue weighted by Gasteiger charge is 2.49. The lowest BCUT2D eigenvalue weighted by molar-refractivity contribution is -0.133. The van der Waals surface area contributed by atoms with E-state index in [4.69, 9.17) is 15.3 Å². The minimum atomic E-state index is -0.903. The first-order chi connectivity index (χ1) is 26.5. The van der Waals surface area contributed by atoms with E-state index in [0.29, 0.717) is 12.4 Å². The van der Waals surface area contributed by atoms with Crippen LogP contribution in [0.25, 0.3) is 22.5 Å². The minimum Gasteiger partial charge on any atom is -0.294 e. The van der Waals surface area contributed by atoms with Gasteiger partial charge in [0.25, 0.3) is 5.91 Å². The normalized spacial score (nSPS) is 17.9. The number of benzene rings is 5. The molecule has 7 nitrogen and oxygen atoms in total. The largest absolute Gasteiger partial charge is 0.294 e. The maximum absolute atomic E-state index is 14.5. The van der Waals surface area contributed by atoms with Crippen LogP contribution in [-0.2, 0) is 16.9 Å². The van der Waals surface area contributed by atoms with E-state index in [0.717, 1.165) is 76.9 Å². The van der Waals surface area contributed by atoms with Gasteiger partial charge in [0.15, 0.2) is 5.82 Å². The van der Waals surface area contributed by atoms with Crippen LogP contribution in [0, 0.1) is 5.92 Å². The topological polar surface area (TPSA) is 76.3 Å². The molecule has 1 fully saturated rings. The molecular weight excluding hydrogens is 665 g/mol. The zero-order valence-corrected chi connectivity index (χ0v) is 31.3. The van der Waals surface area contributed by atoms with Gasteiger partial charge in [0.2, 0.25) is 0 Å². The van der Waals surface area contributed by atoms with Crippen LogP contribution in [0.15, 0.2) is 145 Å². The Morgan fingerprint density at radius 3 is 1.87 bits per heavy atom. The Morgan fingerprint density at radius 1 is 0.722 bits per heavy atom. The predicted octanol–water partition coefficient (Wildman–Crippen LogP) is 10.1. The number of unbranched alkanes of at least 4 members (excludes halogenated alkanes) is 1. The second kappa shape index (κ2) is 15.3. The maximum Gasteiger partial charge on any atom is 0.256 e. The van der Waals surface area contributed by atoms with E-state index < -0.39 is 11.1 Å². The first-order valence-electron chi connectivity index (χ1n) is 19.6. The summed E-state index contributed by atoms with van der Waals surface area (Å²) in [4.78, 5) is 21.8. The molecular formula is C47H48N6O. The second-order valence-corrected chi connectivity index (χ2v) is 15.0. The monoisotopic (exact) mass is 712 g/mol. The number of hydrogen-bond donors (Lipinski definition) is 0. The molecule has 54 heavy (non-hydrogen) atoms. The number of rotatable bonds is 12. The molecule has 8 rings (SSSR count). The van der Waals surface area contributed by atoms with Gasteiger partial charge in [-0.3, -0.25) is 14.7 Å². The average Bonchev–Trinajstić information content (AvgIpc) is 3.82. The number of carbonyl (C=O) groups excluding carboxylic acids is 1. The summed E-state index contributed by atoms with van der Waals surface area (Å²) in [6.07, 6.45) is 8.54. The molecule has 0 saturated heterocycles. The second-order valence-electron chi connectivity index (χ2n) is 15.0. The lowest BCUT2D eigenvalue weighted by Crippen LogP contribution is -2.45. The molecule has 0 spiro atoms. The third kappa shape index (κ3) is 6.36. The lowest BCUT2D eigenvalue weighted by Gasteiger charge is -2.36. The van der Waals surface area contributed by atoms with Crippen LogP contribution in [-0.4, -0.2) is 42.4 Å². The van der Waals surface area contributed by atoms with Crippen molar-refractivity contribution in [1.82, 2.24) is 25.1 Å². The molecule has 2 aliphatic rings. The summed E-state index contributed by atoms with van der Waals surface area (Å²) in [5.74, 6) is 1.97. The van der Waals surface area contributed by atoms with Crippen molar-refractivity contribution in [3.63, 3.8) is 0 Å². The maximum atomic E-state index is 14.5. The number of tetrazole rings is 1. The Bertz CT molecular complexity index is 2110. The van der Waals surface area contributed by atoms with Gasteiger partial charge < -0.3 is 0 Å². The number of amidine groups is 1. The highest BCUT2D eigenvalue weighted by atomic mass is 16.2. The average molecular weight is 713 g/mol. The van der Waals surface area contributed by atoms with E-state index in [1.54, 1.807) is 0 Å². The Balaban J connectivity index is 1.30. The first kappa shape index (κ1) is 35.3. The van der Waals surface area contributed by atoms with Gasteiger partial charge in [-0.1, -0.05) is 166 Å². The highest BCUT2D eigenvalue weighted by molar-refractivity contribution is 6.08. The number of aromatic nitrogens is 4. The molecule has 1 aromatic heterocycles. The number of hydrogen-bond acceptors (Lipinski definition) is 5. The summed E-state index contributed by atoms with van der Waals surface area (Å²) in [6, 6.07) is 48.4. The molecule has 2 heterocycles. The molecule has 6 aromatic rings. The molecule has 7 heteroatoms. The Morgan fingerprint density at radius 2 is 1.30 bits per heavy atom. The molecule has 1 atom stereocenters. The summed E-state index contributed by atoms with van der Waals surface area (Å²) in [5, 5.41) is 14.1. The van der Waals surface area contributed by atoms with E-state index in [2.05, 4.69) is 134 Å². The molecule has 1 unspecified atom stereocenters. The molecule has 1 aliphatic heterocycles. The summed E-state index contributed by atoms with van der Waals surface area (Å²) in [6.45, 7) is 4.72. The van der Waals surface area contributed by atoms with Crippen molar-refractivity contribution in [2.24, 2.45) is 10.9 Å². The van der Waals surface area contributed by atoms with Gasteiger partial charge in [-0.05, 0) is 82.0 Å². The number of carbonyl (C=O) groups is 1. The fraction of sp³-hybridized carbons (Fsp3) is 0.298. The van der Waals surface area contributed by atoms with Crippen molar-refractivity contribution in [2.45, 2.75) is 82.8 Å². The zero-order valence-electron chi connectivity index (χ0n) is 31.3. The van der Waals surface area contributed by atoms with Gasteiger partial charge >= 0.3 is 0 Å². The van der Waals surface area contributed by atoms with Crippen molar-refractivity contribution < 1.29 is 4.79 Å². The van der Waals surface area contributed by atoms with Crippen LogP contribution >= 0.6 is 0 Å². The predicted molar refractivity (Wildman–Crippen MR) is 216 cm³/mol. The van der Waals surface area contributed by atoms with E-state index in [9.17, 15) is 4.79 Å². The van der Waals surface area contributed by atoms with Crippen LogP contribution in [0.1, 0.15) is 87.5 Å². The summed E-state index contributed by atoms with van der Waals surface area (Å²) in [7, 11) is 0. The van der Waals surface area contributed by atoms with Crippen LogP contribution in [0.2, 0.25) is 0 Å². The van der Waals surface area contributed by atoms with Gasteiger partial charge in [-0.15, -0.1) is 5.10 Å². The van der Waals surface area contributed by atoms with Crippen LogP contribution in [0.4, 0.5) is 0 Å². The molecule has 5 aromatic carbocycles. The summed E-state index contributed by atoms with van der Waals surface area (Å²) in [5.41, 5.74) is 5.47. The van der Waals surface area contributed by atoms with E-state index in [1.165, 1.54) is 19.3 Å². The van der Waals surface area contributed by atoms with Crippen LogP contribution in [0.3, 0.4) is 0 Å².